The quantitative estimate of drug-likeness (QED) is 0.466. The van der Waals surface area contributed by atoms with E-state index in [1.807, 2.05) is 0 Å². The van der Waals surface area contributed by atoms with Gasteiger partial charge in [-0.25, -0.2) is 0 Å². The van der Waals surface area contributed by atoms with Gasteiger partial charge in [0.25, 0.3) is 0 Å². The first-order chi connectivity index (χ1) is 11.9. The van der Waals surface area contributed by atoms with E-state index in [2.05, 4.69) is 0 Å². The van der Waals surface area contributed by atoms with Crippen molar-refractivity contribution in [2.45, 2.75) is 18.2 Å². The highest BCUT2D eigenvalue weighted by atomic mass is 32.2. The highest BCUT2D eigenvalue weighted by Gasteiger charge is 2.25. The summed E-state index contributed by atoms with van der Waals surface area (Å²) in [6, 6.07) is 8.11. The van der Waals surface area contributed by atoms with E-state index in [-0.39, 0.29) is 10.6 Å². The summed E-state index contributed by atoms with van der Waals surface area (Å²) >= 11 is 0. The number of nitro benzene ring substituents is 1. The van der Waals surface area contributed by atoms with Gasteiger partial charge in [0.2, 0.25) is 5.75 Å². The lowest BCUT2D eigenvalue weighted by molar-refractivity contribution is -0.385. The number of nitro groups is 1. The molecule has 0 radical (unpaired) electrons. The van der Waals surface area contributed by atoms with Crippen molar-refractivity contribution in [3.63, 3.8) is 0 Å². The summed E-state index contributed by atoms with van der Waals surface area (Å²) in [5.41, 5.74) is 0.199. The number of rotatable bonds is 4. The summed E-state index contributed by atoms with van der Waals surface area (Å²) in [6.07, 6.45) is 0.683. The molecule has 8 nitrogen and oxygen atoms in total. The summed E-state index contributed by atoms with van der Waals surface area (Å²) in [5.74, 6) is 0.390. The maximum Gasteiger partial charge on any atom is 0.339 e. The van der Waals surface area contributed by atoms with E-state index in [4.69, 9.17) is 13.7 Å². The normalized spacial score (nSPS) is 13.8. The van der Waals surface area contributed by atoms with Crippen LogP contribution in [0.2, 0.25) is 0 Å². The molecule has 1 aliphatic heterocycles. The van der Waals surface area contributed by atoms with Gasteiger partial charge in [0.15, 0.2) is 11.5 Å². The SMILES string of the molecule is Cc1ccc(OS(=O)(=O)c2ccc3c(c2)OCCCO3)c([N+](=O)[O-])c1. The Morgan fingerprint density at radius 1 is 1.08 bits per heavy atom. The Kier molecular flexibility index (Phi) is 4.49. The molecule has 0 saturated carbocycles. The van der Waals surface area contributed by atoms with Crippen molar-refractivity contribution in [1.82, 2.24) is 0 Å². The Balaban J connectivity index is 1.95. The lowest BCUT2D eigenvalue weighted by Crippen LogP contribution is -2.11. The minimum atomic E-state index is -4.27. The minimum Gasteiger partial charge on any atom is -0.490 e. The second-order valence-corrected chi connectivity index (χ2v) is 6.97. The van der Waals surface area contributed by atoms with Gasteiger partial charge in [0, 0.05) is 18.6 Å². The molecule has 0 amide bonds. The molecule has 1 aliphatic rings. The van der Waals surface area contributed by atoms with Gasteiger partial charge in [0.1, 0.15) is 4.90 Å². The van der Waals surface area contributed by atoms with Crippen molar-refractivity contribution < 1.29 is 27.0 Å². The fourth-order valence-corrected chi connectivity index (χ4v) is 3.27. The number of benzene rings is 2. The summed E-state index contributed by atoms with van der Waals surface area (Å²) in [4.78, 5) is 10.3. The van der Waals surface area contributed by atoms with E-state index >= 15 is 0 Å². The molecule has 0 N–H and O–H groups in total. The standard InChI is InChI=1S/C16H15NO7S/c1-11-3-5-14(13(9-11)17(18)19)24-25(20,21)12-4-6-15-16(10-12)23-8-2-7-22-15/h3-6,9-10H,2,7-8H2,1H3. The smallest absolute Gasteiger partial charge is 0.339 e. The van der Waals surface area contributed by atoms with Gasteiger partial charge in [-0.05, 0) is 30.7 Å². The fourth-order valence-electron chi connectivity index (χ4n) is 2.31. The maximum absolute atomic E-state index is 12.5. The van der Waals surface area contributed by atoms with Crippen LogP contribution < -0.4 is 13.7 Å². The third kappa shape index (κ3) is 3.66. The van der Waals surface area contributed by atoms with Crippen LogP contribution >= 0.6 is 0 Å². The number of hydrogen-bond donors (Lipinski definition) is 0. The number of fused-ring (bicyclic) bond motifs is 1. The van der Waals surface area contributed by atoms with Gasteiger partial charge in [-0.15, -0.1) is 0 Å². The molecule has 9 heteroatoms. The van der Waals surface area contributed by atoms with Gasteiger partial charge >= 0.3 is 15.8 Å². The molecule has 0 aromatic heterocycles. The van der Waals surface area contributed by atoms with Gasteiger partial charge in [0.05, 0.1) is 18.1 Å². The molecule has 0 unspecified atom stereocenters. The van der Waals surface area contributed by atoms with Gasteiger partial charge in [-0.2, -0.15) is 8.42 Å². The molecule has 25 heavy (non-hydrogen) atoms. The Labute approximate surface area is 144 Å². The molecule has 0 fully saturated rings. The molecule has 0 bridgehead atoms. The molecule has 0 spiro atoms. The third-order valence-electron chi connectivity index (χ3n) is 3.52. The zero-order chi connectivity index (χ0) is 18.0. The second-order valence-electron chi connectivity index (χ2n) is 5.42. The average molecular weight is 365 g/mol. The molecular formula is C16H15NO7S. The van der Waals surface area contributed by atoms with Crippen molar-refractivity contribution in [2.75, 3.05) is 13.2 Å². The lowest BCUT2D eigenvalue weighted by atomic mass is 10.2. The van der Waals surface area contributed by atoms with Crippen LogP contribution in [-0.2, 0) is 10.1 Å². The second kappa shape index (κ2) is 6.60. The van der Waals surface area contributed by atoms with Crippen LogP contribution in [0, 0.1) is 17.0 Å². The first kappa shape index (κ1) is 17.0. The average Bonchev–Trinajstić information content (AvgIpc) is 2.80. The Bertz CT molecular complexity index is 924. The van der Waals surface area contributed by atoms with Crippen molar-refractivity contribution >= 4 is 15.8 Å². The molecule has 132 valence electrons. The van der Waals surface area contributed by atoms with E-state index in [9.17, 15) is 18.5 Å². The number of hydrogen-bond acceptors (Lipinski definition) is 7. The lowest BCUT2D eigenvalue weighted by Gasteiger charge is -2.11. The predicted molar refractivity (Wildman–Crippen MR) is 87.7 cm³/mol. The van der Waals surface area contributed by atoms with Crippen LogP contribution in [0.15, 0.2) is 41.3 Å². The first-order valence-electron chi connectivity index (χ1n) is 7.46. The molecule has 2 aromatic carbocycles. The number of ether oxygens (including phenoxy) is 2. The first-order valence-corrected chi connectivity index (χ1v) is 8.87. The molecular weight excluding hydrogens is 350 g/mol. The largest absolute Gasteiger partial charge is 0.490 e. The zero-order valence-electron chi connectivity index (χ0n) is 13.3. The number of aryl methyl sites for hydroxylation is 1. The Morgan fingerprint density at radius 2 is 1.80 bits per heavy atom. The van der Waals surface area contributed by atoms with Crippen LogP contribution in [0.5, 0.6) is 17.2 Å². The Morgan fingerprint density at radius 3 is 2.52 bits per heavy atom. The van der Waals surface area contributed by atoms with E-state index < -0.39 is 20.7 Å². The van der Waals surface area contributed by atoms with E-state index in [0.29, 0.717) is 36.7 Å². The van der Waals surface area contributed by atoms with E-state index in [1.165, 1.54) is 36.4 Å². The van der Waals surface area contributed by atoms with Gasteiger partial charge in [-0.1, -0.05) is 6.07 Å². The summed E-state index contributed by atoms with van der Waals surface area (Å²) < 4.78 is 40.9. The van der Waals surface area contributed by atoms with Crippen LogP contribution in [0.4, 0.5) is 5.69 Å². The zero-order valence-corrected chi connectivity index (χ0v) is 14.1. The highest BCUT2D eigenvalue weighted by molar-refractivity contribution is 7.87. The highest BCUT2D eigenvalue weighted by Crippen LogP contribution is 2.34. The summed E-state index contributed by atoms with van der Waals surface area (Å²) in [6.45, 7) is 2.54. The van der Waals surface area contributed by atoms with Crippen molar-refractivity contribution in [3.05, 3.63) is 52.1 Å². The number of nitrogens with zero attached hydrogens (tertiary/aromatic N) is 1. The summed E-state index contributed by atoms with van der Waals surface area (Å²) in [5, 5.41) is 11.1. The molecule has 3 rings (SSSR count). The molecule has 0 saturated heterocycles. The summed E-state index contributed by atoms with van der Waals surface area (Å²) in [7, 11) is -4.27. The van der Waals surface area contributed by atoms with Gasteiger partial charge in [-0.3, -0.25) is 10.1 Å². The molecule has 0 aliphatic carbocycles. The topological polar surface area (TPSA) is 105 Å². The van der Waals surface area contributed by atoms with Crippen molar-refractivity contribution in [2.24, 2.45) is 0 Å². The minimum absolute atomic E-state index is 0.174. The van der Waals surface area contributed by atoms with Crippen LogP contribution in [-0.4, -0.2) is 26.6 Å². The van der Waals surface area contributed by atoms with Crippen molar-refractivity contribution in [1.29, 1.82) is 0 Å². The molecule has 2 aromatic rings. The molecule has 0 atom stereocenters. The van der Waals surface area contributed by atoms with E-state index in [1.54, 1.807) is 6.92 Å². The van der Waals surface area contributed by atoms with Gasteiger partial charge < -0.3 is 13.7 Å². The van der Waals surface area contributed by atoms with Crippen LogP contribution in [0.1, 0.15) is 12.0 Å². The van der Waals surface area contributed by atoms with Crippen LogP contribution in [0.25, 0.3) is 0 Å². The predicted octanol–water partition coefficient (Wildman–Crippen LogP) is 2.83. The maximum atomic E-state index is 12.5. The monoisotopic (exact) mass is 365 g/mol. The fraction of sp³-hybridized carbons (Fsp3) is 0.250. The van der Waals surface area contributed by atoms with Crippen LogP contribution in [0.3, 0.4) is 0 Å². The van der Waals surface area contributed by atoms with Crippen molar-refractivity contribution in [3.8, 4) is 17.2 Å². The van der Waals surface area contributed by atoms with E-state index in [0.717, 1.165) is 0 Å². The third-order valence-corrected chi connectivity index (χ3v) is 4.75. The Hall–Kier alpha value is -2.81. The molecule has 1 heterocycles.